The Morgan fingerprint density at radius 3 is 2.55 bits per heavy atom. The van der Waals surface area contributed by atoms with Crippen LogP contribution in [0.5, 0.6) is 0 Å². The van der Waals surface area contributed by atoms with E-state index in [4.69, 9.17) is 10.5 Å². The summed E-state index contributed by atoms with van der Waals surface area (Å²) in [6, 6.07) is 0. The summed E-state index contributed by atoms with van der Waals surface area (Å²) in [5.41, 5.74) is 5.51. The van der Waals surface area contributed by atoms with Crippen LogP contribution in [0.4, 0.5) is 0 Å². The van der Waals surface area contributed by atoms with Gasteiger partial charge in [-0.1, -0.05) is 12.8 Å². The second-order valence-electron chi connectivity index (χ2n) is 6.15. The number of rotatable bonds is 9. The van der Waals surface area contributed by atoms with Gasteiger partial charge in [0.05, 0.1) is 13.2 Å². The molecule has 0 spiro atoms. The SMILES string of the molecule is CC1(C)COCCN1CCNC(=O)CCCCCCN.Cl.Cl. The normalized spacial score (nSPS) is 17.2. The van der Waals surface area contributed by atoms with Crippen molar-refractivity contribution >= 4 is 30.7 Å². The minimum atomic E-state index is 0. The van der Waals surface area contributed by atoms with Crippen molar-refractivity contribution in [1.29, 1.82) is 0 Å². The van der Waals surface area contributed by atoms with Gasteiger partial charge in [-0.15, -0.1) is 24.8 Å². The zero-order valence-electron chi connectivity index (χ0n) is 13.9. The minimum Gasteiger partial charge on any atom is -0.378 e. The molecule has 1 amide bonds. The largest absolute Gasteiger partial charge is 0.378 e. The summed E-state index contributed by atoms with van der Waals surface area (Å²) in [6.07, 6.45) is 4.90. The molecule has 1 heterocycles. The molecule has 0 aromatic rings. The standard InChI is InChI=1S/C15H31N3O2.2ClH/c1-15(2)13-20-12-11-18(15)10-9-17-14(19)7-5-3-4-6-8-16;;/h3-13,16H2,1-2H3,(H,17,19);2*1H. The Hall–Kier alpha value is -0.0700. The molecule has 134 valence electrons. The molecule has 0 aromatic heterocycles. The summed E-state index contributed by atoms with van der Waals surface area (Å²) in [4.78, 5) is 14.1. The summed E-state index contributed by atoms with van der Waals surface area (Å²) in [5, 5.41) is 3.01. The molecule has 0 saturated carbocycles. The predicted molar refractivity (Wildman–Crippen MR) is 96.1 cm³/mol. The topological polar surface area (TPSA) is 67.6 Å². The van der Waals surface area contributed by atoms with E-state index in [9.17, 15) is 4.79 Å². The van der Waals surface area contributed by atoms with Gasteiger partial charge in [0, 0.05) is 31.6 Å². The third-order valence-corrected chi connectivity index (χ3v) is 3.88. The molecule has 1 rings (SSSR count). The first-order chi connectivity index (χ1) is 9.56. The van der Waals surface area contributed by atoms with Gasteiger partial charge in [-0.05, 0) is 33.2 Å². The average molecular weight is 358 g/mol. The Kier molecular flexibility index (Phi) is 14.7. The lowest BCUT2D eigenvalue weighted by Crippen LogP contribution is -2.54. The fraction of sp³-hybridized carbons (Fsp3) is 0.933. The quantitative estimate of drug-likeness (QED) is 0.619. The Bertz CT molecular complexity index is 292. The van der Waals surface area contributed by atoms with E-state index in [1.165, 1.54) is 0 Å². The molecule has 1 fully saturated rings. The number of nitrogens with zero attached hydrogens (tertiary/aromatic N) is 1. The van der Waals surface area contributed by atoms with Crippen LogP contribution in [0.15, 0.2) is 0 Å². The van der Waals surface area contributed by atoms with Crippen LogP contribution in [0, 0.1) is 0 Å². The van der Waals surface area contributed by atoms with E-state index >= 15 is 0 Å². The van der Waals surface area contributed by atoms with Gasteiger partial charge < -0.3 is 15.8 Å². The van der Waals surface area contributed by atoms with Gasteiger partial charge >= 0.3 is 0 Å². The molecule has 0 bridgehead atoms. The lowest BCUT2D eigenvalue weighted by Gasteiger charge is -2.42. The molecule has 0 aromatic carbocycles. The highest BCUT2D eigenvalue weighted by Crippen LogP contribution is 2.17. The third kappa shape index (κ3) is 9.85. The first-order valence-electron chi connectivity index (χ1n) is 7.86. The second-order valence-corrected chi connectivity index (χ2v) is 6.15. The minimum absolute atomic E-state index is 0. The highest BCUT2D eigenvalue weighted by Gasteiger charge is 2.29. The maximum atomic E-state index is 11.7. The second kappa shape index (κ2) is 13.4. The van der Waals surface area contributed by atoms with E-state index in [0.29, 0.717) is 6.42 Å². The molecule has 3 N–H and O–H groups in total. The van der Waals surface area contributed by atoms with Gasteiger partial charge in [0.25, 0.3) is 0 Å². The number of ether oxygens (including phenoxy) is 1. The van der Waals surface area contributed by atoms with Crippen molar-refractivity contribution in [2.24, 2.45) is 5.73 Å². The molecule has 0 aliphatic carbocycles. The van der Waals surface area contributed by atoms with Gasteiger partial charge in [0.1, 0.15) is 0 Å². The number of carbonyl (C=O) groups is 1. The van der Waals surface area contributed by atoms with Crippen molar-refractivity contribution in [3.8, 4) is 0 Å². The average Bonchev–Trinajstić information content (AvgIpc) is 2.40. The van der Waals surface area contributed by atoms with E-state index in [1.807, 2.05) is 0 Å². The fourth-order valence-corrected chi connectivity index (χ4v) is 2.51. The number of nitrogens with one attached hydrogen (secondary N) is 1. The molecule has 5 nitrogen and oxygen atoms in total. The van der Waals surface area contributed by atoms with E-state index in [2.05, 4.69) is 24.1 Å². The number of hydrogen-bond donors (Lipinski definition) is 2. The van der Waals surface area contributed by atoms with Crippen molar-refractivity contribution in [1.82, 2.24) is 10.2 Å². The van der Waals surface area contributed by atoms with Gasteiger partial charge in [-0.25, -0.2) is 0 Å². The molecule has 1 saturated heterocycles. The molecule has 1 aliphatic heterocycles. The first kappa shape index (κ1) is 24.2. The molecule has 0 atom stereocenters. The van der Waals surface area contributed by atoms with Gasteiger partial charge in [0.15, 0.2) is 0 Å². The Morgan fingerprint density at radius 1 is 1.23 bits per heavy atom. The summed E-state index contributed by atoms with van der Waals surface area (Å²) >= 11 is 0. The van der Waals surface area contributed by atoms with E-state index in [1.54, 1.807) is 0 Å². The number of unbranched alkanes of at least 4 members (excludes halogenated alkanes) is 3. The van der Waals surface area contributed by atoms with Crippen molar-refractivity contribution in [2.75, 3.05) is 39.4 Å². The lowest BCUT2D eigenvalue weighted by atomic mass is 10.0. The van der Waals surface area contributed by atoms with Crippen LogP contribution in [-0.2, 0) is 9.53 Å². The van der Waals surface area contributed by atoms with Crippen molar-refractivity contribution < 1.29 is 9.53 Å². The molecular formula is C15H33Cl2N3O2. The number of carbonyl (C=O) groups excluding carboxylic acids is 1. The number of nitrogens with two attached hydrogens (primary N) is 1. The maximum absolute atomic E-state index is 11.7. The van der Waals surface area contributed by atoms with Crippen LogP contribution in [-0.4, -0.2) is 55.7 Å². The van der Waals surface area contributed by atoms with Crippen LogP contribution in [0.25, 0.3) is 0 Å². The first-order valence-corrected chi connectivity index (χ1v) is 7.86. The number of amides is 1. The summed E-state index contributed by atoms with van der Waals surface area (Å²) in [6.45, 7) is 9.25. The smallest absolute Gasteiger partial charge is 0.220 e. The van der Waals surface area contributed by atoms with Gasteiger partial charge in [-0.3, -0.25) is 9.69 Å². The summed E-state index contributed by atoms with van der Waals surface area (Å²) in [5.74, 6) is 0.170. The van der Waals surface area contributed by atoms with Crippen LogP contribution in [0.1, 0.15) is 46.0 Å². The van der Waals surface area contributed by atoms with Crippen molar-refractivity contribution in [2.45, 2.75) is 51.5 Å². The zero-order valence-corrected chi connectivity index (χ0v) is 15.6. The highest BCUT2D eigenvalue weighted by molar-refractivity contribution is 5.85. The van der Waals surface area contributed by atoms with Crippen LogP contribution >= 0.6 is 24.8 Å². The number of hydrogen-bond acceptors (Lipinski definition) is 4. The van der Waals surface area contributed by atoms with Crippen LogP contribution < -0.4 is 11.1 Å². The molecule has 7 heteroatoms. The Morgan fingerprint density at radius 2 is 1.91 bits per heavy atom. The lowest BCUT2D eigenvalue weighted by molar-refractivity contribution is -0.121. The molecular weight excluding hydrogens is 325 g/mol. The van der Waals surface area contributed by atoms with Crippen molar-refractivity contribution in [3.63, 3.8) is 0 Å². The van der Waals surface area contributed by atoms with Crippen molar-refractivity contribution in [3.05, 3.63) is 0 Å². The summed E-state index contributed by atoms with van der Waals surface area (Å²) < 4.78 is 5.49. The Labute approximate surface area is 147 Å². The predicted octanol–water partition coefficient (Wildman–Crippen LogP) is 1.97. The van der Waals surface area contributed by atoms with Gasteiger partial charge in [-0.2, -0.15) is 0 Å². The fourth-order valence-electron chi connectivity index (χ4n) is 2.51. The van der Waals surface area contributed by atoms with E-state index < -0.39 is 0 Å². The Balaban J connectivity index is 0. The van der Waals surface area contributed by atoms with Crippen LogP contribution in [0.2, 0.25) is 0 Å². The van der Waals surface area contributed by atoms with Crippen LogP contribution in [0.3, 0.4) is 0 Å². The summed E-state index contributed by atoms with van der Waals surface area (Å²) in [7, 11) is 0. The maximum Gasteiger partial charge on any atom is 0.220 e. The molecule has 1 aliphatic rings. The van der Waals surface area contributed by atoms with E-state index in [-0.39, 0.29) is 36.3 Å². The monoisotopic (exact) mass is 357 g/mol. The molecule has 22 heavy (non-hydrogen) atoms. The molecule has 0 radical (unpaired) electrons. The van der Waals surface area contributed by atoms with Gasteiger partial charge in [0.2, 0.25) is 5.91 Å². The number of halogens is 2. The molecule has 0 unspecified atom stereocenters. The zero-order chi connectivity index (χ0) is 14.8. The number of morpholine rings is 1. The third-order valence-electron chi connectivity index (χ3n) is 3.88. The van der Waals surface area contributed by atoms with E-state index in [0.717, 1.165) is 65.1 Å². The highest BCUT2D eigenvalue weighted by atomic mass is 35.5.